The highest BCUT2D eigenvalue weighted by atomic mass is 32.1. The van der Waals surface area contributed by atoms with Gasteiger partial charge in [-0.1, -0.05) is 24.3 Å². The molecule has 0 spiro atoms. The predicted molar refractivity (Wildman–Crippen MR) is 71.0 cm³/mol. The number of carbonyl (C=O) groups excluding carboxylic acids is 1. The van der Waals surface area contributed by atoms with Gasteiger partial charge in [-0.05, 0) is 29.5 Å². The van der Waals surface area contributed by atoms with Crippen LogP contribution in [-0.4, -0.2) is 13.0 Å². The zero-order valence-corrected chi connectivity index (χ0v) is 10.2. The molecule has 1 aromatic heterocycles. The summed E-state index contributed by atoms with van der Waals surface area (Å²) in [6, 6.07) is 13.3. The number of hydrogen-bond acceptors (Lipinski definition) is 2. The number of hydrogen-bond donors (Lipinski definition) is 0. The number of anilines is 1. The highest BCUT2D eigenvalue weighted by molar-refractivity contribution is 7.10. The fraction of sp³-hybridized carbons (Fsp3) is 0.0714. The Morgan fingerprint density at radius 3 is 2.59 bits per heavy atom. The van der Waals surface area contributed by atoms with Gasteiger partial charge < -0.3 is 4.90 Å². The number of amides is 1. The molecule has 84 valence electrons. The zero-order valence-electron chi connectivity index (χ0n) is 9.38. The molecule has 0 aliphatic rings. The molecule has 0 radical (unpaired) electrons. The molecule has 0 unspecified atom stereocenters. The topological polar surface area (TPSA) is 20.3 Å². The summed E-state index contributed by atoms with van der Waals surface area (Å²) in [6.45, 7) is 0. The van der Waals surface area contributed by atoms with Gasteiger partial charge in [0.2, 0.25) is 0 Å². The Labute approximate surface area is 105 Å². The molecule has 1 heterocycles. The second-order valence-electron chi connectivity index (χ2n) is 3.43. The van der Waals surface area contributed by atoms with Crippen molar-refractivity contribution in [2.75, 3.05) is 11.9 Å². The summed E-state index contributed by atoms with van der Waals surface area (Å²) in [7, 11) is 1.72. The molecule has 0 aliphatic heterocycles. The van der Waals surface area contributed by atoms with Gasteiger partial charge in [-0.25, -0.2) is 0 Å². The first-order valence-corrected chi connectivity index (χ1v) is 6.03. The number of carbonyl (C=O) groups is 1. The van der Waals surface area contributed by atoms with Gasteiger partial charge in [0.1, 0.15) is 0 Å². The van der Waals surface area contributed by atoms with E-state index in [4.69, 9.17) is 0 Å². The van der Waals surface area contributed by atoms with Gasteiger partial charge in [-0.15, -0.1) is 11.3 Å². The van der Waals surface area contributed by atoms with Crippen LogP contribution in [0, 0.1) is 11.8 Å². The fourth-order valence-electron chi connectivity index (χ4n) is 1.32. The first kappa shape index (κ1) is 11.4. The molecule has 1 aromatic carbocycles. The first-order chi connectivity index (χ1) is 8.27. The monoisotopic (exact) mass is 241 g/mol. The number of thiophene rings is 1. The molecule has 0 aliphatic carbocycles. The van der Waals surface area contributed by atoms with Gasteiger partial charge in [-0.2, -0.15) is 0 Å². The minimum atomic E-state index is -0.204. The maximum Gasteiger partial charge on any atom is 0.303 e. The van der Waals surface area contributed by atoms with Crippen LogP contribution in [0.4, 0.5) is 5.69 Å². The Balaban J connectivity index is 2.11. The van der Waals surface area contributed by atoms with Crippen LogP contribution in [0.25, 0.3) is 0 Å². The lowest BCUT2D eigenvalue weighted by Gasteiger charge is -2.13. The summed E-state index contributed by atoms with van der Waals surface area (Å²) in [5.74, 6) is 5.28. The molecular weight excluding hydrogens is 230 g/mol. The Morgan fingerprint density at radius 1 is 1.18 bits per heavy atom. The molecule has 0 saturated carbocycles. The summed E-state index contributed by atoms with van der Waals surface area (Å²) >= 11 is 1.53. The quantitative estimate of drug-likeness (QED) is 0.703. The Kier molecular flexibility index (Phi) is 3.59. The van der Waals surface area contributed by atoms with Crippen molar-refractivity contribution in [2.45, 2.75) is 0 Å². The lowest BCUT2D eigenvalue weighted by molar-refractivity contribution is -0.113. The van der Waals surface area contributed by atoms with Crippen molar-refractivity contribution in [1.82, 2.24) is 0 Å². The van der Waals surface area contributed by atoms with E-state index in [2.05, 4.69) is 11.8 Å². The standard InChI is InChI=1S/C14H11NOS/c1-15(12-6-3-2-4-7-12)14(16)10-9-13-8-5-11-17-13/h2-8,11H,1H3. The second-order valence-corrected chi connectivity index (χ2v) is 4.37. The van der Waals surface area contributed by atoms with Crippen LogP contribution in [0.15, 0.2) is 47.8 Å². The van der Waals surface area contributed by atoms with Crippen LogP contribution in [0.3, 0.4) is 0 Å². The number of para-hydroxylation sites is 1. The number of rotatable bonds is 1. The lowest BCUT2D eigenvalue weighted by atomic mass is 10.3. The lowest BCUT2D eigenvalue weighted by Crippen LogP contribution is -2.24. The third-order valence-corrected chi connectivity index (χ3v) is 3.05. The molecule has 0 N–H and O–H groups in total. The van der Waals surface area contributed by atoms with Crippen LogP contribution in [0.5, 0.6) is 0 Å². The van der Waals surface area contributed by atoms with Crippen molar-refractivity contribution in [3.8, 4) is 11.8 Å². The van der Waals surface area contributed by atoms with E-state index in [0.29, 0.717) is 0 Å². The first-order valence-electron chi connectivity index (χ1n) is 5.15. The third kappa shape index (κ3) is 2.96. The van der Waals surface area contributed by atoms with Crippen LogP contribution in [-0.2, 0) is 4.79 Å². The van der Waals surface area contributed by atoms with Gasteiger partial charge in [0, 0.05) is 18.7 Å². The zero-order chi connectivity index (χ0) is 12.1. The maximum atomic E-state index is 11.8. The van der Waals surface area contributed by atoms with Gasteiger partial charge in [0.05, 0.1) is 4.88 Å². The number of benzene rings is 1. The summed E-state index contributed by atoms with van der Waals surface area (Å²) in [5, 5.41) is 1.94. The van der Waals surface area contributed by atoms with Gasteiger partial charge in [0.25, 0.3) is 0 Å². The minimum Gasteiger partial charge on any atom is -0.305 e. The van der Waals surface area contributed by atoms with Crippen molar-refractivity contribution in [2.24, 2.45) is 0 Å². The van der Waals surface area contributed by atoms with E-state index in [1.807, 2.05) is 47.8 Å². The summed E-state index contributed by atoms with van der Waals surface area (Å²) < 4.78 is 0. The second kappa shape index (κ2) is 5.33. The van der Waals surface area contributed by atoms with E-state index < -0.39 is 0 Å². The minimum absolute atomic E-state index is 0.204. The predicted octanol–water partition coefficient (Wildman–Crippen LogP) is 2.76. The molecule has 0 saturated heterocycles. The summed E-state index contributed by atoms with van der Waals surface area (Å²) in [5.41, 5.74) is 0.845. The average molecular weight is 241 g/mol. The van der Waals surface area contributed by atoms with Crippen molar-refractivity contribution >= 4 is 22.9 Å². The third-order valence-electron chi connectivity index (χ3n) is 2.26. The molecule has 2 rings (SSSR count). The fourth-order valence-corrected chi connectivity index (χ4v) is 1.89. The van der Waals surface area contributed by atoms with Crippen LogP contribution in [0.2, 0.25) is 0 Å². The molecule has 2 nitrogen and oxygen atoms in total. The van der Waals surface area contributed by atoms with E-state index in [0.717, 1.165) is 10.6 Å². The van der Waals surface area contributed by atoms with Gasteiger partial charge in [-0.3, -0.25) is 4.79 Å². The van der Waals surface area contributed by atoms with E-state index >= 15 is 0 Å². The van der Waals surface area contributed by atoms with Gasteiger partial charge in [0.15, 0.2) is 0 Å². The summed E-state index contributed by atoms with van der Waals surface area (Å²) in [6.07, 6.45) is 0. The molecular formula is C14H11NOS. The van der Waals surface area contributed by atoms with E-state index in [1.165, 1.54) is 11.3 Å². The highest BCUT2D eigenvalue weighted by Gasteiger charge is 2.06. The molecule has 0 fully saturated rings. The normalized spacial score (nSPS) is 9.24. The Bertz CT molecular complexity index is 549. The highest BCUT2D eigenvalue weighted by Crippen LogP contribution is 2.11. The SMILES string of the molecule is CN(C(=O)C#Cc1cccs1)c1ccccc1. The van der Waals surface area contributed by atoms with Crippen molar-refractivity contribution < 1.29 is 4.79 Å². The summed E-state index contributed by atoms with van der Waals surface area (Å²) in [4.78, 5) is 14.2. The van der Waals surface area contributed by atoms with Gasteiger partial charge >= 0.3 is 5.91 Å². The smallest absolute Gasteiger partial charge is 0.303 e. The molecule has 0 bridgehead atoms. The van der Waals surface area contributed by atoms with Crippen LogP contribution in [0.1, 0.15) is 4.88 Å². The molecule has 2 aromatic rings. The van der Waals surface area contributed by atoms with E-state index in [1.54, 1.807) is 11.9 Å². The van der Waals surface area contributed by atoms with Crippen LogP contribution < -0.4 is 4.90 Å². The largest absolute Gasteiger partial charge is 0.305 e. The van der Waals surface area contributed by atoms with Crippen molar-refractivity contribution in [1.29, 1.82) is 0 Å². The van der Waals surface area contributed by atoms with Crippen molar-refractivity contribution in [3.05, 3.63) is 52.7 Å². The molecule has 3 heteroatoms. The molecule has 17 heavy (non-hydrogen) atoms. The van der Waals surface area contributed by atoms with Crippen molar-refractivity contribution in [3.63, 3.8) is 0 Å². The Hall–Kier alpha value is -2.05. The van der Waals surface area contributed by atoms with E-state index in [9.17, 15) is 4.79 Å². The molecule has 1 amide bonds. The maximum absolute atomic E-state index is 11.8. The van der Waals surface area contributed by atoms with E-state index in [-0.39, 0.29) is 5.91 Å². The van der Waals surface area contributed by atoms with Crippen LogP contribution >= 0.6 is 11.3 Å². The molecule has 0 atom stereocenters. The number of nitrogens with zero attached hydrogens (tertiary/aromatic N) is 1. The Morgan fingerprint density at radius 2 is 1.94 bits per heavy atom. The average Bonchev–Trinajstić information content (AvgIpc) is 2.89.